The van der Waals surface area contributed by atoms with Gasteiger partial charge in [-0.15, -0.1) is 0 Å². The quantitative estimate of drug-likeness (QED) is 0.400. The number of benzene rings is 2. The first-order valence-electron chi connectivity index (χ1n) is 5.78. The van der Waals surface area contributed by atoms with E-state index in [1.165, 1.54) is 12.1 Å². The zero-order valence-electron chi connectivity index (χ0n) is 10.6. The highest BCUT2D eigenvalue weighted by molar-refractivity contribution is 5.95. The van der Waals surface area contributed by atoms with Crippen LogP contribution in [0.15, 0.2) is 48.5 Å². The van der Waals surface area contributed by atoms with Crippen LogP contribution in [0.5, 0.6) is 5.75 Å². The Kier molecular flexibility index (Phi) is 3.94. The second-order valence-corrected chi connectivity index (χ2v) is 4.00. The third kappa shape index (κ3) is 3.21. The largest absolute Gasteiger partial charge is 0.478 e. The van der Waals surface area contributed by atoms with Gasteiger partial charge in [-0.3, -0.25) is 10.1 Å². The summed E-state index contributed by atoms with van der Waals surface area (Å²) in [5.74, 6) is -2.41. The minimum absolute atomic E-state index is 0.243. The monoisotopic (exact) mass is 287 g/mol. The Labute approximate surface area is 118 Å². The van der Waals surface area contributed by atoms with Gasteiger partial charge in [0.05, 0.1) is 10.5 Å². The average Bonchev–Trinajstić information content (AvgIpc) is 2.48. The molecule has 0 radical (unpaired) electrons. The number of non-ortho nitro benzene ring substituents is 1. The first-order valence-corrected chi connectivity index (χ1v) is 5.78. The van der Waals surface area contributed by atoms with Crippen molar-refractivity contribution in [3.05, 3.63) is 69.8 Å². The van der Waals surface area contributed by atoms with E-state index < -0.39 is 28.1 Å². The molecule has 0 bridgehead atoms. The van der Waals surface area contributed by atoms with Crippen LogP contribution in [0.3, 0.4) is 0 Å². The fourth-order valence-corrected chi connectivity index (χ4v) is 1.62. The predicted octanol–water partition coefficient (Wildman–Crippen LogP) is 2.51. The fourth-order valence-electron chi connectivity index (χ4n) is 1.62. The highest BCUT2D eigenvalue weighted by atomic mass is 16.6. The summed E-state index contributed by atoms with van der Waals surface area (Å²) in [6.45, 7) is 0. The Hall–Kier alpha value is -3.22. The molecule has 0 aliphatic heterocycles. The van der Waals surface area contributed by atoms with E-state index in [1.807, 2.05) is 0 Å². The minimum Gasteiger partial charge on any atom is -0.478 e. The van der Waals surface area contributed by atoms with Gasteiger partial charge in [-0.25, -0.2) is 9.59 Å². The second kappa shape index (κ2) is 5.83. The van der Waals surface area contributed by atoms with Crippen molar-refractivity contribution < 1.29 is 24.4 Å². The van der Waals surface area contributed by atoms with Gasteiger partial charge in [0, 0.05) is 12.1 Å². The summed E-state index contributed by atoms with van der Waals surface area (Å²) in [7, 11) is 0. The topological polar surface area (TPSA) is 107 Å². The van der Waals surface area contributed by atoms with Crippen LogP contribution in [0.1, 0.15) is 20.7 Å². The van der Waals surface area contributed by atoms with Crippen LogP contribution in [0, 0.1) is 10.1 Å². The molecule has 0 spiro atoms. The van der Waals surface area contributed by atoms with Crippen LogP contribution in [0.25, 0.3) is 0 Å². The van der Waals surface area contributed by atoms with Gasteiger partial charge in [0.2, 0.25) is 0 Å². The molecule has 0 amide bonds. The maximum Gasteiger partial charge on any atom is 0.343 e. The standard InChI is InChI=1S/C14H9NO6/c16-13(17)11-8-10(15(19)20)6-7-12(11)21-14(18)9-4-2-1-3-5-9/h1-8H,(H,16,17). The molecule has 0 unspecified atom stereocenters. The SMILES string of the molecule is O=C(Oc1ccc([N+](=O)[O-])cc1C(=O)O)c1ccccc1. The van der Waals surface area contributed by atoms with Gasteiger partial charge < -0.3 is 9.84 Å². The number of aromatic carboxylic acids is 1. The number of carboxylic acid groups (broad SMARTS) is 1. The van der Waals surface area contributed by atoms with Crippen molar-refractivity contribution in [3.63, 3.8) is 0 Å². The van der Waals surface area contributed by atoms with E-state index in [-0.39, 0.29) is 11.3 Å². The highest BCUT2D eigenvalue weighted by Crippen LogP contribution is 2.25. The van der Waals surface area contributed by atoms with Crippen LogP contribution >= 0.6 is 0 Å². The first kappa shape index (κ1) is 14.2. The summed E-state index contributed by atoms with van der Waals surface area (Å²) in [4.78, 5) is 32.9. The second-order valence-electron chi connectivity index (χ2n) is 4.00. The van der Waals surface area contributed by atoms with Gasteiger partial charge in [0.15, 0.2) is 0 Å². The van der Waals surface area contributed by atoms with Crippen LogP contribution in [-0.4, -0.2) is 22.0 Å². The van der Waals surface area contributed by atoms with E-state index >= 15 is 0 Å². The normalized spacial score (nSPS) is 9.90. The molecule has 7 nitrogen and oxygen atoms in total. The number of nitrogens with zero attached hydrogens (tertiary/aromatic N) is 1. The fraction of sp³-hybridized carbons (Fsp3) is 0. The molecule has 0 aliphatic carbocycles. The molecule has 0 saturated carbocycles. The van der Waals surface area contributed by atoms with Gasteiger partial charge in [0.1, 0.15) is 11.3 Å². The maximum atomic E-state index is 11.9. The number of nitro benzene ring substituents is 1. The third-order valence-electron chi connectivity index (χ3n) is 2.62. The van der Waals surface area contributed by atoms with Crippen LogP contribution in [0.4, 0.5) is 5.69 Å². The molecule has 0 fully saturated rings. The molecule has 1 N–H and O–H groups in total. The van der Waals surface area contributed by atoms with Crippen LogP contribution < -0.4 is 4.74 Å². The number of nitro groups is 1. The number of hydrogen-bond acceptors (Lipinski definition) is 5. The lowest BCUT2D eigenvalue weighted by molar-refractivity contribution is -0.384. The van der Waals surface area contributed by atoms with Crippen molar-refractivity contribution in [1.82, 2.24) is 0 Å². The van der Waals surface area contributed by atoms with Gasteiger partial charge in [-0.2, -0.15) is 0 Å². The first-order chi connectivity index (χ1) is 9.99. The van der Waals surface area contributed by atoms with Crippen molar-refractivity contribution in [1.29, 1.82) is 0 Å². The summed E-state index contributed by atoms with van der Waals surface area (Å²) in [5, 5.41) is 19.7. The Balaban J connectivity index is 2.34. The Morgan fingerprint density at radius 2 is 1.76 bits per heavy atom. The van der Waals surface area contributed by atoms with Gasteiger partial charge >= 0.3 is 11.9 Å². The molecule has 0 saturated heterocycles. The third-order valence-corrected chi connectivity index (χ3v) is 2.62. The van der Waals surface area contributed by atoms with Gasteiger partial charge in [-0.1, -0.05) is 18.2 Å². The average molecular weight is 287 g/mol. The molecule has 106 valence electrons. The lowest BCUT2D eigenvalue weighted by atomic mass is 10.1. The zero-order chi connectivity index (χ0) is 15.4. The number of hydrogen-bond donors (Lipinski definition) is 1. The molecule has 2 rings (SSSR count). The van der Waals surface area contributed by atoms with Crippen molar-refractivity contribution in [2.45, 2.75) is 0 Å². The van der Waals surface area contributed by atoms with E-state index in [0.717, 1.165) is 18.2 Å². The molecule has 2 aromatic rings. The molecule has 0 aliphatic rings. The van der Waals surface area contributed by atoms with Gasteiger partial charge in [-0.05, 0) is 18.2 Å². The maximum absolute atomic E-state index is 11.9. The molecule has 2 aromatic carbocycles. The lowest BCUT2D eigenvalue weighted by Crippen LogP contribution is -2.11. The van der Waals surface area contributed by atoms with Crippen molar-refractivity contribution >= 4 is 17.6 Å². The summed E-state index contributed by atoms with van der Waals surface area (Å²) in [6, 6.07) is 11.0. The molecule has 7 heteroatoms. The Bertz CT molecular complexity index is 711. The van der Waals surface area contributed by atoms with Crippen molar-refractivity contribution in [2.75, 3.05) is 0 Å². The number of ether oxygens (including phenoxy) is 1. The summed E-state index contributed by atoms with van der Waals surface area (Å²) >= 11 is 0. The number of rotatable bonds is 4. The molecular weight excluding hydrogens is 278 g/mol. The van der Waals surface area contributed by atoms with E-state index in [9.17, 15) is 19.7 Å². The molecule has 0 atom stereocenters. The summed E-state index contributed by atoms with van der Waals surface area (Å²) in [6.07, 6.45) is 0. The van der Waals surface area contributed by atoms with E-state index in [0.29, 0.717) is 0 Å². The van der Waals surface area contributed by atoms with E-state index in [4.69, 9.17) is 9.84 Å². The zero-order valence-corrected chi connectivity index (χ0v) is 10.6. The molecule has 0 heterocycles. The Morgan fingerprint density at radius 3 is 2.33 bits per heavy atom. The van der Waals surface area contributed by atoms with Crippen molar-refractivity contribution in [3.8, 4) is 5.75 Å². The Morgan fingerprint density at radius 1 is 1.10 bits per heavy atom. The number of carbonyl (C=O) groups excluding carboxylic acids is 1. The van der Waals surface area contributed by atoms with Crippen LogP contribution in [0.2, 0.25) is 0 Å². The predicted molar refractivity (Wildman–Crippen MR) is 71.5 cm³/mol. The smallest absolute Gasteiger partial charge is 0.343 e. The summed E-state index contributed by atoms with van der Waals surface area (Å²) in [5.41, 5.74) is -0.604. The van der Waals surface area contributed by atoms with Crippen LogP contribution in [-0.2, 0) is 0 Å². The van der Waals surface area contributed by atoms with Gasteiger partial charge in [0.25, 0.3) is 5.69 Å². The highest BCUT2D eigenvalue weighted by Gasteiger charge is 2.19. The summed E-state index contributed by atoms with van der Waals surface area (Å²) < 4.78 is 4.99. The van der Waals surface area contributed by atoms with E-state index in [1.54, 1.807) is 18.2 Å². The number of carboxylic acids is 1. The van der Waals surface area contributed by atoms with Crippen molar-refractivity contribution in [2.24, 2.45) is 0 Å². The number of esters is 1. The molecular formula is C14H9NO6. The minimum atomic E-state index is -1.42. The van der Waals surface area contributed by atoms with E-state index in [2.05, 4.69) is 0 Å². The molecule has 0 aromatic heterocycles. The number of carbonyl (C=O) groups is 2. The lowest BCUT2D eigenvalue weighted by Gasteiger charge is -2.07. The molecule has 21 heavy (non-hydrogen) atoms.